The Bertz CT molecular complexity index is 863. The highest BCUT2D eigenvalue weighted by Crippen LogP contribution is 2.39. The summed E-state index contributed by atoms with van der Waals surface area (Å²) in [4.78, 5) is 12.8. The van der Waals surface area contributed by atoms with Crippen molar-refractivity contribution in [3.05, 3.63) is 58.1 Å². The maximum Gasteiger partial charge on any atom is 0.261 e. The molecule has 2 atom stereocenters. The number of aryl methyl sites for hydroxylation is 2. The van der Waals surface area contributed by atoms with Crippen LogP contribution < -0.4 is 14.8 Å². The van der Waals surface area contributed by atoms with Crippen LogP contribution >= 0.6 is 11.6 Å². The Balaban J connectivity index is 1.74. The van der Waals surface area contributed by atoms with Gasteiger partial charge in [0, 0.05) is 17.0 Å². The molecule has 5 heteroatoms. The predicted molar refractivity (Wildman–Crippen MR) is 108 cm³/mol. The molecule has 1 amide bonds. The Kier molecular flexibility index (Phi) is 5.38. The summed E-state index contributed by atoms with van der Waals surface area (Å²) >= 11 is 6.05. The van der Waals surface area contributed by atoms with E-state index in [0.29, 0.717) is 17.2 Å². The topological polar surface area (TPSA) is 47.6 Å². The number of carbonyl (C=O) groups excluding carboxylic acids is 1. The van der Waals surface area contributed by atoms with Crippen LogP contribution in [0.15, 0.2) is 36.4 Å². The molecule has 0 aliphatic carbocycles. The standard InChI is InChI=1S/C22H26ClNO3/c1-13-6-9-20-17(10-13)19(12-22(4,5)27-20)24-21(25)15(3)26-16-7-8-18(23)14(2)11-16/h6-11,15,19H,12H2,1-5H3,(H,24,25)/t15-,19+/m1/s1. The molecule has 0 spiro atoms. The van der Waals surface area contributed by atoms with Gasteiger partial charge in [0.05, 0.1) is 6.04 Å². The van der Waals surface area contributed by atoms with Crippen molar-refractivity contribution in [2.24, 2.45) is 0 Å². The van der Waals surface area contributed by atoms with Gasteiger partial charge < -0.3 is 14.8 Å². The molecule has 0 saturated carbocycles. The molecular weight excluding hydrogens is 362 g/mol. The van der Waals surface area contributed by atoms with Gasteiger partial charge in [-0.2, -0.15) is 0 Å². The van der Waals surface area contributed by atoms with E-state index >= 15 is 0 Å². The molecule has 144 valence electrons. The zero-order valence-electron chi connectivity index (χ0n) is 16.4. The Morgan fingerprint density at radius 1 is 1.26 bits per heavy atom. The lowest BCUT2D eigenvalue weighted by Crippen LogP contribution is -2.44. The molecule has 4 nitrogen and oxygen atoms in total. The van der Waals surface area contributed by atoms with Gasteiger partial charge in [0.25, 0.3) is 5.91 Å². The van der Waals surface area contributed by atoms with Gasteiger partial charge in [-0.1, -0.05) is 29.3 Å². The van der Waals surface area contributed by atoms with E-state index in [1.54, 1.807) is 19.1 Å². The number of fused-ring (bicyclic) bond motifs is 1. The molecule has 27 heavy (non-hydrogen) atoms. The van der Waals surface area contributed by atoms with Crippen molar-refractivity contribution in [2.45, 2.75) is 58.8 Å². The SMILES string of the molecule is Cc1ccc2c(c1)[C@@H](NC(=O)[C@@H](C)Oc1ccc(Cl)c(C)c1)CC(C)(C)O2. The molecule has 0 bridgehead atoms. The molecule has 1 heterocycles. The van der Waals surface area contributed by atoms with Gasteiger partial charge in [-0.05, 0) is 64.4 Å². The first kappa shape index (κ1) is 19.6. The van der Waals surface area contributed by atoms with E-state index in [4.69, 9.17) is 21.1 Å². The number of benzene rings is 2. The van der Waals surface area contributed by atoms with Gasteiger partial charge in [0.15, 0.2) is 6.10 Å². The summed E-state index contributed by atoms with van der Waals surface area (Å²) in [6, 6.07) is 11.3. The zero-order chi connectivity index (χ0) is 19.8. The Hall–Kier alpha value is -2.20. The highest BCUT2D eigenvalue weighted by molar-refractivity contribution is 6.31. The Morgan fingerprint density at radius 2 is 2.00 bits per heavy atom. The van der Waals surface area contributed by atoms with Crippen LogP contribution in [0.3, 0.4) is 0 Å². The monoisotopic (exact) mass is 387 g/mol. The smallest absolute Gasteiger partial charge is 0.261 e. The molecule has 3 rings (SSSR count). The lowest BCUT2D eigenvalue weighted by atomic mass is 9.89. The van der Waals surface area contributed by atoms with Crippen LogP contribution in [0, 0.1) is 13.8 Å². The fourth-order valence-electron chi connectivity index (χ4n) is 3.34. The van der Waals surface area contributed by atoms with Crippen molar-refractivity contribution in [3.8, 4) is 11.5 Å². The number of ether oxygens (including phenoxy) is 2. The first-order valence-corrected chi connectivity index (χ1v) is 9.55. The normalized spacial score (nSPS) is 18.8. The van der Waals surface area contributed by atoms with Crippen molar-refractivity contribution < 1.29 is 14.3 Å². The van der Waals surface area contributed by atoms with E-state index in [-0.39, 0.29) is 17.6 Å². The molecule has 1 aliphatic rings. The van der Waals surface area contributed by atoms with Crippen molar-refractivity contribution in [3.63, 3.8) is 0 Å². The summed E-state index contributed by atoms with van der Waals surface area (Å²) < 4.78 is 11.9. The second kappa shape index (κ2) is 7.43. The van der Waals surface area contributed by atoms with Crippen molar-refractivity contribution >= 4 is 17.5 Å². The number of hydrogen-bond acceptors (Lipinski definition) is 3. The maximum atomic E-state index is 12.8. The van der Waals surface area contributed by atoms with Crippen LogP contribution in [-0.4, -0.2) is 17.6 Å². The number of rotatable bonds is 4. The van der Waals surface area contributed by atoms with Gasteiger partial charge in [0.2, 0.25) is 0 Å². The summed E-state index contributed by atoms with van der Waals surface area (Å²) in [6.07, 6.45) is 0.0758. The van der Waals surface area contributed by atoms with Crippen LogP contribution in [-0.2, 0) is 4.79 Å². The molecule has 0 unspecified atom stereocenters. The average molecular weight is 388 g/mol. The van der Waals surface area contributed by atoms with E-state index in [2.05, 4.69) is 11.4 Å². The number of halogens is 1. The summed E-state index contributed by atoms with van der Waals surface area (Å²) in [6.45, 7) is 9.76. The summed E-state index contributed by atoms with van der Waals surface area (Å²) in [5.74, 6) is 1.30. The van der Waals surface area contributed by atoms with Crippen molar-refractivity contribution in [2.75, 3.05) is 0 Å². The van der Waals surface area contributed by atoms with Gasteiger partial charge in [-0.15, -0.1) is 0 Å². The van der Waals surface area contributed by atoms with E-state index < -0.39 is 6.10 Å². The van der Waals surface area contributed by atoms with Gasteiger partial charge in [0.1, 0.15) is 17.1 Å². The number of amides is 1. The number of nitrogens with one attached hydrogen (secondary N) is 1. The fourth-order valence-corrected chi connectivity index (χ4v) is 3.46. The van der Waals surface area contributed by atoms with E-state index in [1.165, 1.54) is 0 Å². The number of carbonyl (C=O) groups is 1. The van der Waals surface area contributed by atoms with Gasteiger partial charge in [-0.25, -0.2) is 0 Å². The van der Waals surface area contributed by atoms with Crippen LogP contribution in [0.1, 0.15) is 49.9 Å². The van der Waals surface area contributed by atoms with E-state index in [9.17, 15) is 4.79 Å². The summed E-state index contributed by atoms with van der Waals surface area (Å²) in [5, 5.41) is 3.81. The van der Waals surface area contributed by atoms with Crippen molar-refractivity contribution in [1.82, 2.24) is 5.32 Å². The Labute approximate surface area is 165 Å². The molecule has 0 saturated heterocycles. The minimum absolute atomic E-state index is 0.117. The van der Waals surface area contributed by atoms with Gasteiger partial charge in [-0.3, -0.25) is 4.79 Å². The first-order chi connectivity index (χ1) is 12.6. The third kappa shape index (κ3) is 4.56. The van der Waals surface area contributed by atoms with Crippen LogP contribution in [0.5, 0.6) is 11.5 Å². The van der Waals surface area contributed by atoms with Crippen molar-refractivity contribution in [1.29, 1.82) is 0 Å². The molecule has 2 aromatic rings. The third-order valence-corrected chi connectivity index (χ3v) is 5.17. The lowest BCUT2D eigenvalue weighted by Gasteiger charge is -2.38. The van der Waals surface area contributed by atoms with E-state index in [0.717, 1.165) is 22.4 Å². The van der Waals surface area contributed by atoms with Crippen LogP contribution in [0.25, 0.3) is 0 Å². The average Bonchev–Trinajstić information content (AvgIpc) is 2.58. The van der Waals surface area contributed by atoms with Crippen LogP contribution in [0.2, 0.25) is 5.02 Å². The summed E-state index contributed by atoms with van der Waals surface area (Å²) in [7, 11) is 0. The summed E-state index contributed by atoms with van der Waals surface area (Å²) in [5.41, 5.74) is 2.71. The third-order valence-electron chi connectivity index (χ3n) is 4.75. The first-order valence-electron chi connectivity index (χ1n) is 9.17. The number of hydrogen-bond donors (Lipinski definition) is 1. The minimum atomic E-state index is -0.621. The molecule has 0 fully saturated rings. The lowest BCUT2D eigenvalue weighted by molar-refractivity contribution is -0.128. The molecule has 1 N–H and O–H groups in total. The second-order valence-electron chi connectivity index (χ2n) is 7.84. The predicted octanol–water partition coefficient (Wildman–Crippen LogP) is 5.14. The van der Waals surface area contributed by atoms with E-state index in [1.807, 2.05) is 45.9 Å². The van der Waals surface area contributed by atoms with Crippen LogP contribution in [0.4, 0.5) is 0 Å². The second-order valence-corrected chi connectivity index (χ2v) is 8.25. The quantitative estimate of drug-likeness (QED) is 0.789. The molecule has 0 aromatic heterocycles. The largest absolute Gasteiger partial charge is 0.487 e. The molecular formula is C22H26ClNO3. The minimum Gasteiger partial charge on any atom is -0.487 e. The molecule has 2 aromatic carbocycles. The molecule has 0 radical (unpaired) electrons. The molecule has 1 aliphatic heterocycles. The fraction of sp³-hybridized carbons (Fsp3) is 0.409. The zero-order valence-corrected chi connectivity index (χ0v) is 17.2. The highest BCUT2D eigenvalue weighted by atomic mass is 35.5. The highest BCUT2D eigenvalue weighted by Gasteiger charge is 2.35. The Morgan fingerprint density at radius 3 is 2.70 bits per heavy atom. The maximum absolute atomic E-state index is 12.8. The van der Waals surface area contributed by atoms with Gasteiger partial charge >= 0.3 is 0 Å².